The number of hydrogen-bond acceptors (Lipinski definition) is 7. The van der Waals surface area contributed by atoms with Crippen molar-refractivity contribution in [2.45, 2.75) is 77.8 Å². The van der Waals surface area contributed by atoms with Crippen molar-refractivity contribution >= 4 is 17.8 Å². The van der Waals surface area contributed by atoms with Gasteiger partial charge in [-0.15, -0.1) is 0 Å². The minimum absolute atomic E-state index is 0.139. The summed E-state index contributed by atoms with van der Waals surface area (Å²) in [5.41, 5.74) is 3.76. The largest absolute Gasteiger partial charge is 0.494 e. The highest BCUT2D eigenvalue weighted by Gasteiger charge is 2.25. The van der Waals surface area contributed by atoms with Crippen LogP contribution in [0.5, 0.6) is 11.5 Å². The molecule has 1 aromatic heterocycles. The lowest BCUT2D eigenvalue weighted by Crippen LogP contribution is -2.51. The molecule has 0 saturated carbocycles. The molecule has 3 N–H and O–H groups in total. The molecule has 0 radical (unpaired) electrons. The van der Waals surface area contributed by atoms with Gasteiger partial charge in [0.25, 0.3) is 5.91 Å². The van der Waals surface area contributed by atoms with Gasteiger partial charge in [-0.2, -0.15) is 0 Å². The molecule has 0 fully saturated rings. The molecular formula is C39H46N4O6. The van der Waals surface area contributed by atoms with Crippen molar-refractivity contribution in [1.29, 1.82) is 0 Å². The van der Waals surface area contributed by atoms with E-state index in [1.807, 2.05) is 55.5 Å². The molecule has 3 aromatic carbocycles. The molecule has 49 heavy (non-hydrogen) atoms. The number of rotatable bonds is 19. The second kappa shape index (κ2) is 18.9. The van der Waals surface area contributed by atoms with E-state index in [4.69, 9.17) is 9.47 Å². The number of ether oxygens (including phenoxy) is 2. The molecule has 2 amide bonds. The van der Waals surface area contributed by atoms with Gasteiger partial charge in [-0.1, -0.05) is 75.9 Å². The Bertz CT molecular complexity index is 1620. The molecule has 0 saturated heterocycles. The van der Waals surface area contributed by atoms with Crippen LogP contribution in [0, 0.1) is 0 Å². The highest BCUT2D eigenvalue weighted by molar-refractivity contribution is 5.98. The lowest BCUT2D eigenvalue weighted by Gasteiger charge is -2.20. The first-order valence-corrected chi connectivity index (χ1v) is 17.0. The van der Waals surface area contributed by atoms with E-state index in [1.165, 1.54) is 32.6 Å². The summed E-state index contributed by atoms with van der Waals surface area (Å²) in [5.74, 6) is -0.205. The summed E-state index contributed by atoms with van der Waals surface area (Å²) >= 11 is 0. The Morgan fingerprint density at radius 3 is 1.90 bits per heavy atom. The van der Waals surface area contributed by atoms with Crippen molar-refractivity contribution in [2.75, 3.05) is 13.2 Å². The molecule has 2 unspecified atom stereocenters. The fraction of sp³-hybridized carbons (Fsp3) is 0.359. The van der Waals surface area contributed by atoms with Crippen molar-refractivity contribution in [2.24, 2.45) is 0 Å². The van der Waals surface area contributed by atoms with Crippen molar-refractivity contribution in [3.63, 3.8) is 0 Å². The van der Waals surface area contributed by atoms with Crippen molar-refractivity contribution in [1.82, 2.24) is 20.6 Å². The SMILES string of the molecule is CCCCCCCOc1ccc(-c2cnc(-c3ccc(CC(NC(=O)c4ccc(OCCC)cc4)C(=O)NC(C)C(=O)O)cc3)nc2)cc1. The zero-order chi connectivity index (χ0) is 35.0. The van der Waals surface area contributed by atoms with E-state index >= 15 is 0 Å². The van der Waals surface area contributed by atoms with Crippen molar-refractivity contribution < 1.29 is 29.0 Å². The van der Waals surface area contributed by atoms with Gasteiger partial charge >= 0.3 is 5.97 Å². The summed E-state index contributed by atoms with van der Waals surface area (Å²) in [6, 6.07) is 19.8. The van der Waals surface area contributed by atoms with Crippen LogP contribution in [0.3, 0.4) is 0 Å². The monoisotopic (exact) mass is 666 g/mol. The van der Waals surface area contributed by atoms with Crippen LogP contribution in [0.25, 0.3) is 22.5 Å². The first-order valence-electron chi connectivity index (χ1n) is 17.0. The fourth-order valence-electron chi connectivity index (χ4n) is 5.04. The summed E-state index contributed by atoms with van der Waals surface area (Å²) in [5, 5.41) is 14.5. The summed E-state index contributed by atoms with van der Waals surface area (Å²) in [6.07, 6.45) is 10.6. The Morgan fingerprint density at radius 2 is 1.29 bits per heavy atom. The maximum atomic E-state index is 13.1. The summed E-state index contributed by atoms with van der Waals surface area (Å²) in [4.78, 5) is 46.7. The number of nitrogens with zero attached hydrogens (tertiary/aromatic N) is 2. The summed E-state index contributed by atoms with van der Waals surface area (Å²) in [7, 11) is 0. The van der Waals surface area contributed by atoms with Crippen LogP contribution in [0.2, 0.25) is 0 Å². The number of benzene rings is 3. The second-order valence-electron chi connectivity index (χ2n) is 12.0. The lowest BCUT2D eigenvalue weighted by molar-refractivity contribution is -0.141. The van der Waals surface area contributed by atoms with E-state index in [-0.39, 0.29) is 6.42 Å². The average molecular weight is 667 g/mol. The molecular weight excluding hydrogens is 620 g/mol. The fourth-order valence-corrected chi connectivity index (χ4v) is 5.04. The van der Waals surface area contributed by atoms with E-state index in [0.717, 1.165) is 47.5 Å². The molecule has 1 heterocycles. The molecule has 4 aromatic rings. The molecule has 0 spiro atoms. The van der Waals surface area contributed by atoms with Gasteiger partial charge in [0, 0.05) is 35.5 Å². The smallest absolute Gasteiger partial charge is 0.325 e. The van der Waals surface area contributed by atoms with E-state index in [9.17, 15) is 19.5 Å². The third kappa shape index (κ3) is 11.4. The second-order valence-corrected chi connectivity index (χ2v) is 12.0. The van der Waals surface area contributed by atoms with Gasteiger partial charge < -0.3 is 25.2 Å². The molecule has 0 aliphatic rings. The molecule has 4 rings (SSSR count). The number of amides is 2. The molecule has 0 bridgehead atoms. The first kappa shape index (κ1) is 36.6. The highest BCUT2D eigenvalue weighted by atomic mass is 16.5. The maximum Gasteiger partial charge on any atom is 0.325 e. The molecule has 10 nitrogen and oxygen atoms in total. The lowest BCUT2D eigenvalue weighted by atomic mass is 10.0. The number of aromatic nitrogens is 2. The van der Waals surface area contributed by atoms with E-state index in [2.05, 4.69) is 27.5 Å². The van der Waals surface area contributed by atoms with Crippen LogP contribution in [-0.2, 0) is 16.0 Å². The van der Waals surface area contributed by atoms with Gasteiger partial charge in [-0.3, -0.25) is 14.4 Å². The van der Waals surface area contributed by atoms with Crippen LogP contribution in [0.15, 0.2) is 85.2 Å². The standard InChI is InChI=1S/C39H46N4O6/c1-4-6-7-8-9-23-49-34-18-14-29(15-19-34)32-25-40-36(41-26-32)30-12-10-28(11-13-30)24-35(38(45)42-27(3)39(46)47)43-37(44)31-16-20-33(21-17-31)48-22-5-2/h10-21,25-27,35H,4-9,22-24H2,1-3H3,(H,42,45)(H,43,44)(H,46,47). The average Bonchev–Trinajstić information content (AvgIpc) is 3.12. The topological polar surface area (TPSA) is 140 Å². The number of carbonyl (C=O) groups is 3. The third-order valence-electron chi connectivity index (χ3n) is 7.95. The third-order valence-corrected chi connectivity index (χ3v) is 7.95. The number of carbonyl (C=O) groups excluding carboxylic acids is 2. The Balaban J connectivity index is 1.38. The van der Waals surface area contributed by atoms with Gasteiger partial charge in [-0.05, 0) is 67.3 Å². The van der Waals surface area contributed by atoms with Crippen LogP contribution in [-0.4, -0.2) is 58.2 Å². The summed E-state index contributed by atoms with van der Waals surface area (Å²) in [6.45, 7) is 6.87. The minimum Gasteiger partial charge on any atom is -0.494 e. The minimum atomic E-state index is -1.18. The van der Waals surface area contributed by atoms with Crippen LogP contribution in [0.4, 0.5) is 0 Å². The number of aliphatic carboxylic acids is 1. The Kier molecular flexibility index (Phi) is 14.1. The number of carboxylic acid groups (broad SMARTS) is 1. The predicted octanol–water partition coefficient (Wildman–Crippen LogP) is 6.88. The van der Waals surface area contributed by atoms with Gasteiger partial charge in [0.2, 0.25) is 5.91 Å². The van der Waals surface area contributed by atoms with Crippen LogP contribution >= 0.6 is 0 Å². The Hall–Kier alpha value is -5.25. The van der Waals surface area contributed by atoms with Crippen LogP contribution in [0.1, 0.15) is 75.2 Å². The normalized spacial score (nSPS) is 12.1. The predicted molar refractivity (Wildman–Crippen MR) is 190 cm³/mol. The molecule has 258 valence electrons. The van der Waals surface area contributed by atoms with Gasteiger partial charge in [-0.25, -0.2) is 9.97 Å². The number of unbranched alkanes of at least 4 members (excludes halogenated alkanes) is 4. The summed E-state index contributed by atoms with van der Waals surface area (Å²) < 4.78 is 11.5. The van der Waals surface area contributed by atoms with Gasteiger partial charge in [0.15, 0.2) is 5.82 Å². The van der Waals surface area contributed by atoms with E-state index in [1.54, 1.807) is 36.7 Å². The number of nitrogens with one attached hydrogen (secondary N) is 2. The zero-order valence-electron chi connectivity index (χ0n) is 28.5. The van der Waals surface area contributed by atoms with Gasteiger partial charge in [0.05, 0.1) is 13.2 Å². The van der Waals surface area contributed by atoms with Gasteiger partial charge in [0.1, 0.15) is 23.6 Å². The Labute approximate surface area is 288 Å². The van der Waals surface area contributed by atoms with Crippen molar-refractivity contribution in [3.8, 4) is 34.0 Å². The quantitative estimate of drug-likeness (QED) is 0.0921. The van der Waals surface area contributed by atoms with E-state index in [0.29, 0.717) is 23.7 Å². The van der Waals surface area contributed by atoms with Crippen LogP contribution < -0.4 is 20.1 Å². The van der Waals surface area contributed by atoms with Crippen molar-refractivity contribution in [3.05, 3.63) is 96.3 Å². The number of carboxylic acids is 1. The maximum absolute atomic E-state index is 13.1. The first-order chi connectivity index (χ1) is 23.8. The highest BCUT2D eigenvalue weighted by Crippen LogP contribution is 2.24. The molecule has 10 heteroatoms. The molecule has 0 aliphatic heterocycles. The van der Waals surface area contributed by atoms with E-state index < -0.39 is 29.9 Å². The zero-order valence-corrected chi connectivity index (χ0v) is 28.5. The molecule has 0 aliphatic carbocycles. The number of hydrogen-bond donors (Lipinski definition) is 3. The molecule has 2 atom stereocenters. The Morgan fingerprint density at radius 1 is 0.694 bits per heavy atom.